The van der Waals surface area contributed by atoms with Crippen molar-refractivity contribution in [3.05, 3.63) is 54.3 Å². The van der Waals surface area contributed by atoms with E-state index in [4.69, 9.17) is 4.74 Å². The van der Waals surface area contributed by atoms with Crippen LogP contribution in [0.25, 0.3) is 0 Å². The lowest BCUT2D eigenvalue weighted by molar-refractivity contribution is -0.163. The van der Waals surface area contributed by atoms with E-state index in [1.165, 1.54) is 17.0 Å². The zero-order valence-corrected chi connectivity index (χ0v) is 16.9. The zero-order chi connectivity index (χ0) is 22.0. The minimum absolute atomic E-state index is 0.335. The van der Waals surface area contributed by atoms with Crippen molar-refractivity contribution < 1.29 is 23.5 Å². The van der Waals surface area contributed by atoms with Crippen LogP contribution in [0.3, 0.4) is 0 Å². The molecule has 2 aromatic rings. The second kappa shape index (κ2) is 8.60. The molecule has 10 heteroatoms. The number of para-hydroxylation sites is 2. The standard InChI is InChI=1S/C21H22FN5O4/c1-2-31-17-6-4-3-5-16(17)23-18(28)13-27-20(30)19(29)26-12-11-25(21(26)24-27)15-9-7-14(22)8-10-15/h3-10,21,24H,2,11-13H2,1H3,(H,23,28). The Labute approximate surface area is 178 Å². The Morgan fingerprint density at radius 2 is 1.81 bits per heavy atom. The number of carbonyl (C=O) groups is 3. The van der Waals surface area contributed by atoms with Gasteiger partial charge in [-0.3, -0.25) is 24.3 Å². The predicted octanol–water partition coefficient (Wildman–Crippen LogP) is 1.14. The first-order valence-corrected chi connectivity index (χ1v) is 9.90. The molecular formula is C21H22FN5O4. The summed E-state index contributed by atoms with van der Waals surface area (Å²) in [5.41, 5.74) is 4.11. The van der Waals surface area contributed by atoms with Crippen LogP contribution < -0.4 is 20.4 Å². The summed E-state index contributed by atoms with van der Waals surface area (Å²) in [6.45, 7) is 2.70. The zero-order valence-electron chi connectivity index (χ0n) is 16.9. The molecule has 2 aliphatic heterocycles. The van der Waals surface area contributed by atoms with E-state index >= 15 is 0 Å². The molecule has 0 radical (unpaired) electrons. The normalized spacial score (nSPS) is 18.3. The lowest BCUT2D eigenvalue weighted by atomic mass is 10.3. The number of rotatable bonds is 6. The Hall–Kier alpha value is -3.66. The molecule has 2 heterocycles. The van der Waals surface area contributed by atoms with Crippen LogP contribution in [0.1, 0.15) is 6.92 Å². The van der Waals surface area contributed by atoms with E-state index < -0.39 is 24.0 Å². The molecule has 162 valence electrons. The van der Waals surface area contributed by atoms with E-state index in [9.17, 15) is 18.8 Å². The second-order valence-corrected chi connectivity index (χ2v) is 7.04. The number of nitrogens with one attached hydrogen (secondary N) is 2. The second-order valence-electron chi connectivity index (χ2n) is 7.04. The fourth-order valence-electron chi connectivity index (χ4n) is 3.62. The third-order valence-corrected chi connectivity index (χ3v) is 5.05. The van der Waals surface area contributed by atoms with Crippen LogP contribution in [0, 0.1) is 5.82 Å². The van der Waals surface area contributed by atoms with Gasteiger partial charge >= 0.3 is 11.8 Å². The van der Waals surface area contributed by atoms with Gasteiger partial charge in [0.2, 0.25) is 5.91 Å². The third kappa shape index (κ3) is 4.15. The van der Waals surface area contributed by atoms with Crippen molar-refractivity contribution in [2.75, 3.05) is 36.5 Å². The maximum atomic E-state index is 13.3. The molecule has 31 heavy (non-hydrogen) atoms. The molecule has 1 unspecified atom stereocenters. The Balaban J connectivity index is 1.47. The maximum absolute atomic E-state index is 13.3. The van der Waals surface area contributed by atoms with Gasteiger partial charge in [-0.05, 0) is 43.3 Å². The number of amides is 3. The van der Waals surface area contributed by atoms with Gasteiger partial charge in [0.1, 0.15) is 18.1 Å². The Morgan fingerprint density at radius 3 is 2.55 bits per heavy atom. The largest absolute Gasteiger partial charge is 0.492 e. The number of fused-ring (bicyclic) bond motifs is 1. The highest BCUT2D eigenvalue weighted by atomic mass is 19.1. The molecule has 0 aliphatic carbocycles. The number of ether oxygens (including phenoxy) is 1. The van der Waals surface area contributed by atoms with Crippen molar-refractivity contribution in [3.8, 4) is 5.75 Å². The van der Waals surface area contributed by atoms with Crippen molar-refractivity contribution in [2.24, 2.45) is 0 Å². The molecule has 2 fully saturated rings. The van der Waals surface area contributed by atoms with Gasteiger partial charge in [-0.25, -0.2) is 4.39 Å². The van der Waals surface area contributed by atoms with E-state index in [1.54, 1.807) is 36.4 Å². The van der Waals surface area contributed by atoms with Gasteiger partial charge in [0.15, 0.2) is 6.29 Å². The summed E-state index contributed by atoms with van der Waals surface area (Å²) in [5.74, 6) is -1.85. The minimum Gasteiger partial charge on any atom is -0.492 e. The van der Waals surface area contributed by atoms with E-state index in [-0.39, 0.29) is 12.4 Å². The van der Waals surface area contributed by atoms with E-state index in [0.717, 1.165) is 5.01 Å². The van der Waals surface area contributed by atoms with Crippen LogP contribution in [0.5, 0.6) is 5.75 Å². The van der Waals surface area contributed by atoms with Crippen molar-refractivity contribution in [3.63, 3.8) is 0 Å². The quantitative estimate of drug-likeness (QED) is 0.672. The lowest BCUT2D eigenvalue weighted by Gasteiger charge is -2.40. The monoisotopic (exact) mass is 427 g/mol. The summed E-state index contributed by atoms with van der Waals surface area (Å²) in [5, 5.41) is 3.71. The Bertz CT molecular complexity index is 1000. The molecular weight excluding hydrogens is 405 g/mol. The van der Waals surface area contributed by atoms with Crippen molar-refractivity contribution in [1.29, 1.82) is 0 Å². The van der Waals surface area contributed by atoms with Crippen molar-refractivity contribution in [2.45, 2.75) is 13.2 Å². The van der Waals surface area contributed by atoms with Crippen LogP contribution in [-0.2, 0) is 14.4 Å². The lowest BCUT2D eigenvalue weighted by Crippen LogP contribution is -2.68. The molecule has 2 aliphatic rings. The molecule has 9 nitrogen and oxygen atoms in total. The number of halogens is 1. The molecule has 0 aromatic heterocycles. The molecule has 0 saturated carbocycles. The highest BCUT2D eigenvalue weighted by Gasteiger charge is 2.45. The van der Waals surface area contributed by atoms with Gasteiger partial charge in [0.25, 0.3) is 0 Å². The topological polar surface area (TPSA) is 94.2 Å². The van der Waals surface area contributed by atoms with Crippen LogP contribution >= 0.6 is 0 Å². The van der Waals surface area contributed by atoms with Crippen LogP contribution in [-0.4, -0.2) is 60.2 Å². The van der Waals surface area contributed by atoms with E-state index in [0.29, 0.717) is 36.8 Å². The SMILES string of the molecule is CCOc1ccccc1NC(=O)CN1NC2N(CCN2c2ccc(F)cc2)C(=O)C1=O. The summed E-state index contributed by atoms with van der Waals surface area (Å²) in [7, 11) is 0. The van der Waals surface area contributed by atoms with Crippen molar-refractivity contribution >= 4 is 29.1 Å². The van der Waals surface area contributed by atoms with E-state index in [2.05, 4.69) is 10.7 Å². The third-order valence-electron chi connectivity index (χ3n) is 5.05. The van der Waals surface area contributed by atoms with Gasteiger partial charge in [-0.2, -0.15) is 5.43 Å². The first kappa shape index (κ1) is 20.6. The van der Waals surface area contributed by atoms with Crippen LogP contribution in [0.15, 0.2) is 48.5 Å². The fraction of sp³-hybridized carbons (Fsp3) is 0.286. The van der Waals surface area contributed by atoms with Gasteiger partial charge in [-0.1, -0.05) is 12.1 Å². The summed E-state index contributed by atoms with van der Waals surface area (Å²) in [6, 6.07) is 12.8. The predicted molar refractivity (Wildman–Crippen MR) is 110 cm³/mol. The number of hydrogen-bond acceptors (Lipinski definition) is 6. The molecule has 2 saturated heterocycles. The van der Waals surface area contributed by atoms with Gasteiger partial charge in [0, 0.05) is 18.8 Å². The average molecular weight is 427 g/mol. The summed E-state index contributed by atoms with van der Waals surface area (Å²) in [4.78, 5) is 40.9. The highest BCUT2D eigenvalue weighted by Crippen LogP contribution is 2.26. The van der Waals surface area contributed by atoms with Gasteiger partial charge in [0.05, 0.1) is 12.3 Å². The summed E-state index contributed by atoms with van der Waals surface area (Å²) >= 11 is 0. The average Bonchev–Trinajstić information content (AvgIpc) is 3.18. The smallest absolute Gasteiger partial charge is 0.326 e. The number of carbonyl (C=O) groups excluding carboxylic acids is 3. The number of nitrogens with zero attached hydrogens (tertiary/aromatic N) is 3. The molecule has 1 atom stereocenters. The Kier molecular flexibility index (Phi) is 5.72. The first-order valence-electron chi connectivity index (χ1n) is 9.90. The van der Waals surface area contributed by atoms with Crippen LogP contribution in [0.2, 0.25) is 0 Å². The van der Waals surface area contributed by atoms with Gasteiger partial charge in [-0.15, -0.1) is 0 Å². The molecule has 0 spiro atoms. The number of hydrazine groups is 1. The molecule has 3 amide bonds. The first-order chi connectivity index (χ1) is 15.0. The van der Waals surface area contributed by atoms with Gasteiger partial charge < -0.3 is 15.0 Å². The highest BCUT2D eigenvalue weighted by molar-refractivity contribution is 6.35. The van der Waals surface area contributed by atoms with Crippen LogP contribution in [0.4, 0.5) is 15.8 Å². The summed E-state index contributed by atoms with van der Waals surface area (Å²) in [6.07, 6.45) is -0.654. The minimum atomic E-state index is -0.814. The number of benzene rings is 2. The molecule has 4 rings (SSSR count). The number of hydrogen-bond donors (Lipinski definition) is 2. The fourth-order valence-corrected chi connectivity index (χ4v) is 3.62. The molecule has 2 aromatic carbocycles. The molecule has 2 N–H and O–H groups in total. The summed E-state index contributed by atoms with van der Waals surface area (Å²) < 4.78 is 18.8. The van der Waals surface area contributed by atoms with Crippen molar-refractivity contribution in [1.82, 2.24) is 15.3 Å². The molecule has 0 bridgehead atoms. The number of anilines is 2. The Morgan fingerprint density at radius 1 is 1.10 bits per heavy atom. The maximum Gasteiger partial charge on any atom is 0.326 e. The van der Waals surface area contributed by atoms with E-state index in [1.807, 2.05) is 11.8 Å².